The summed E-state index contributed by atoms with van der Waals surface area (Å²) < 4.78 is 17.7. The number of hydrogen-bond donors (Lipinski definition) is 5. The van der Waals surface area contributed by atoms with Crippen molar-refractivity contribution < 1.29 is 34.0 Å². The number of nitrogens with one attached hydrogen (secondary N) is 2. The summed E-state index contributed by atoms with van der Waals surface area (Å²) in [4.78, 5) is 61.2. The number of anilines is 1. The zero-order valence-electron chi connectivity index (χ0n) is 34.4. The molecular weight excluding hydrogens is 720 g/mol. The number of aromatic nitrogens is 4. The first-order chi connectivity index (χ1) is 27.1. The highest BCUT2D eigenvalue weighted by Gasteiger charge is 2.45. The number of hydrogen-bond acceptors (Lipinski definition) is 12. The van der Waals surface area contributed by atoms with Gasteiger partial charge in [0.25, 0.3) is 5.56 Å². The van der Waals surface area contributed by atoms with Crippen LogP contribution in [0.15, 0.2) is 9.59 Å². The number of nitrogens with two attached hydrogens (primary N) is 1. The SMILES string of the molecule is CCCCCCCCC(CCCCCC)C(=O)OCCCCCCN(CCC)CCCCCC(=O)OC[C@@H]1O[C@H](n2c(=O)[nH]c3c(=O)[nH]c(N)nc32)C(O)C1O. The third kappa shape index (κ3) is 15.9. The molecule has 1 aliphatic heterocycles. The Kier molecular flexibility index (Phi) is 22.4. The Bertz CT molecular complexity index is 1530. The number of H-pyrrole nitrogens is 2. The maximum Gasteiger partial charge on any atom is 0.330 e. The number of rotatable bonds is 31. The van der Waals surface area contributed by atoms with Gasteiger partial charge in [0, 0.05) is 6.42 Å². The molecule has 15 heteroatoms. The molecule has 0 aliphatic carbocycles. The van der Waals surface area contributed by atoms with Crippen molar-refractivity contribution in [3.63, 3.8) is 0 Å². The first kappa shape index (κ1) is 47.1. The van der Waals surface area contributed by atoms with E-state index in [1.807, 2.05) is 0 Å². The summed E-state index contributed by atoms with van der Waals surface area (Å²) >= 11 is 0. The summed E-state index contributed by atoms with van der Waals surface area (Å²) in [6.07, 6.45) is 16.5. The number of carbonyl (C=O) groups is 2. The monoisotopic (exact) mass is 793 g/mol. The largest absolute Gasteiger partial charge is 0.465 e. The van der Waals surface area contributed by atoms with Gasteiger partial charge in [-0.2, -0.15) is 4.98 Å². The van der Waals surface area contributed by atoms with Crippen LogP contribution in [0.3, 0.4) is 0 Å². The minimum absolute atomic E-state index is 0.0125. The van der Waals surface area contributed by atoms with Crippen molar-refractivity contribution in [3.05, 3.63) is 20.8 Å². The zero-order chi connectivity index (χ0) is 40.7. The van der Waals surface area contributed by atoms with E-state index in [-0.39, 0.29) is 42.0 Å². The summed E-state index contributed by atoms with van der Waals surface area (Å²) in [6.45, 7) is 9.84. The van der Waals surface area contributed by atoms with Gasteiger partial charge in [0.15, 0.2) is 17.4 Å². The minimum Gasteiger partial charge on any atom is -0.465 e. The van der Waals surface area contributed by atoms with Crippen LogP contribution in [-0.2, 0) is 23.8 Å². The summed E-state index contributed by atoms with van der Waals surface area (Å²) in [7, 11) is 0. The summed E-state index contributed by atoms with van der Waals surface area (Å²) in [6, 6.07) is 0. The molecule has 56 heavy (non-hydrogen) atoms. The van der Waals surface area contributed by atoms with Gasteiger partial charge < -0.3 is 35.1 Å². The van der Waals surface area contributed by atoms with Crippen LogP contribution < -0.4 is 17.0 Å². The standard InChI is InChI=1S/C41H72N6O9/c1-4-7-9-11-12-17-23-30(22-16-10-8-5-2)39(52)54-28-21-14-13-19-26-46(25-6-3)27-20-15-18-24-32(48)55-29-31-34(49)35(50)38(56-31)47-36-33(43-41(47)53)37(51)45-40(42)44-36/h30-31,34-35,38,49-50H,4-29H2,1-3H3,(H,43,53)(H3,42,44,45,51)/t30?,31-,34?,35?,38-/m0/s1. The summed E-state index contributed by atoms with van der Waals surface area (Å²) in [5.74, 6) is -0.611. The second-order valence-corrected chi connectivity index (χ2v) is 15.5. The Labute approximate surface area is 332 Å². The highest BCUT2D eigenvalue weighted by atomic mass is 16.6. The molecule has 2 aromatic rings. The number of imidazole rings is 1. The average Bonchev–Trinajstić information content (AvgIpc) is 3.65. The number of ether oxygens (including phenoxy) is 3. The molecule has 0 bridgehead atoms. The van der Waals surface area contributed by atoms with E-state index >= 15 is 0 Å². The first-order valence-electron chi connectivity index (χ1n) is 21.7. The molecule has 0 saturated carbocycles. The Morgan fingerprint density at radius 1 is 0.786 bits per heavy atom. The maximum atomic E-state index is 12.9. The van der Waals surface area contributed by atoms with Crippen LogP contribution in [0.4, 0.5) is 5.95 Å². The van der Waals surface area contributed by atoms with Gasteiger partial charge in [-0.3, -0.25) is 24.4 Å². The van der Waals surface area contributed by atoms with E-state index in [2.05, 4.69) is 40.6 Å². The van der Waals surface area contributed by atoms with Crippen LogP contribution in [0.1, 0.15) is 162 Å². The molecule has 1 saturated heterocycles. The number of aliphatic hydroxyl groups is 2. The normalized spacial score (nSPS) is 18.9. The number of nitrogen functional groups attached to an aromatic ring is 1. The first-order valence-corrected chi connectivity index (χ1v) is 21.7. The average molecular weight is 793 g/mol. The van der Waals surface area contributed by atoms with Crippen molar-refractivity contribution in [2.75, 3.05) is 38.6 Å². The third-order valence-corrected chi connectivity index (χ3v) is 10.8. The predicted octanol–water partition coefficient (Wildman–Crippen LogP) is 5.87. The Balaban J connectivity index is 1.27. The molecule has 0 spiro atoms. The number of esters is 2. The van der Waals surface area contributed by atoms with E-state index in [4.69, 9.17) is 19.9 Å². The van der Waals surface area contributed by atoms with Crippen molar-refractivity contribution in [1.29, 1.82) is 0 Å². The van der Waals surface area contributed by atoms with Crippen molar-refractivity contribution >= 4 is 29.1 Å². The van der Waals surface area contributed by atoms with Crippen LogP contribution in [0, 0.1) is 5.92 Å². The van der Waals surface area contributed by atoms with Gasteiger partial charge in [-0.15, -0.1) is 0 Å². The fourth-order valence-electron chi connectivity index (χ4n) is 7.48. The molecule has 3 heterocycles. The number of nitrogens with zero attached hydrogens (tertiary/aromatic N) is 3. The molecule has 320 valence electrons. The third-order valence-electron chi connectivity index (χ3n) is 10.8. The molecule has 1 fully saturated rings. The van der Waals surface area contributed by atoms with Crippen molar-refractivity contribution in [2.45, 2.75) is 180 Å². The Morgan fingerprint density at radius 2 is 1.39 bits per heavy atom. The molecule has 5 atom stereocenters. The highest BCUT2D eigenvalue weighted by Crippen LogP contribution is 2.30. The fraction of sp³-hybridized carbons (Fsp3) is 0.829. The number of unbranched alkanes of at least 4 members (excludes halogenated alkanes) is 13. The maximum absolute atomic E-state index is 12.9. The Hall–Kier alpha value is -3.27. The number of aromatic amines is 2. The lowest BCUT2D eigenvalue weighted by Gasteiger charge is -2.21. The van der Waals surface area contributed by atoms with E-state index in [1.165, 1.54) is 51.4 Å². The van der Waals surface area contributed by atoms with E-state index < -0.39 is 41.8 Å². The molecule has 1 aliphatic rings. The van der Waals surface area contributed by atoms with Crippen molar-refractivity contribution in [2.24, 2.45) is 5.92 Å². The zero-order valence-corrected chi connectivity index (χ0v) is 34.4. The number of carbonyl (C=O) groups excluding carboxylic acids is 2. The van der Waals surface area contributed by atoms with Crippen molar-refractivity contribution in [3.8, 4) is 0 Å². The lowest BCUT2D eigenvalue weighted by atomic mass is 9.94. The highest BCUT2D eigenvalue weighted by molar-refractivity contribution is 5.72. The van der Waals surface area contributed by atoms with Crippen LogP contribution in [0.25, 0.3) is 11.2 Å². The van der Waals surface area contributed by atoms with Crippen LogP contribution in [0.5, 0.6) is 0 Å². The molecule has 2 aromatic heterocycles. The minimum atomic E-state index is -1.55. The smallest absolute Gasteiger partial charge is 0.330 e. The van der Waals surface area contributed by atoms with Gasteiger partial charge in [0.1, 0.15) is 24.9 Å². The second-order valence-electron chi connectivity index (χ2n) is 15.5. The van der Waals surface area contributed by atoms with Gasteiger partial charge >= 0.3 is 17.6 Å². The van der Waals surface area contributed by atoms with Gasteiger partial charge in [0.2, 0.25) is 5.95 Å². The second kappa shape index (κ2) is 26.6. The fourth-order valence-corrected chi connectivity index (χ4v) is 7.48. The number of aliphatic hydroxyl groups excluding tert-OH is 2. The summed E-state index contributed by atoms with van der Waals surface area (Å²) in [5, 5.41) is 21.2. The molecule has 0 radical (unpaired) electrons. The van der Waals surface area contributed by atoms with Gasteiger partial charge in [-0.1, -0.05) is 104 Å². The predicted molar refractivity (Wildman–Crippen MR) is 217 cm³/mol. The lowest BCUT2D eigenvalue weighted by molar-refractivity contribution is -0.150. The molecule has 0 amide bonds. The van der Waals surface area contributed by atoms with Crippen LogP contribution in [0.2, 0.25) is 0 Å². The molecule has 3 rings (SSSR count). The van der Waals surface area contributed by atoms with E-state index in [1.54, 1.807) is 0 Å². The molecule has 0 aromatic carbocycles. The molecule has 15 nitrogen and oxygen atoms in total. The van der Waals surface area contributed by atoms with Crippen molar-refractivity contribution in [1.82, 2.24) is 24.4 Å². The molecule has 3 unspecified atom stereocenters. The summed E-state index contributed by atoms with van der Waals surface area (Å²) in [5.41, 5.74) is 3.89. The quantitative estimate of drug-likeness (QED) is 0.0448. The van der Waals surface area contributed by atoms with Gasteiger partial charge in [-0.25, -0.2) is 9.36 Å². The molecule has 6 N–H and O–H groups in total. The van der Waals surface area contributed by atoms with E-state index in [0.29, 0.717) is 13.0 Å². The van der Waals surface area contributed by atoms with E-state index in [0.717, 1.165) is 94.8 Å². The molecular formula is C41H72N6O9. The van der Waals surface area contributed by atoms with Crippen LogP contribution >= 0.6 is 0 Å². The lowest BCUT2D eigenvalue weighted by Crippen LogP contribution is -2.35. The van der Waals surface area contributed by atoms with E-state index in [9.17, 15) is 29.4 Å². The Morgan fingerprint density at radius 3 is 2.07 bits per heavy atom. The number of fused-ring (bicyclic) bond motifs is 1. The van der Waals surface area contributed by atoms with Gasteiger partial charge in [-0.05, 0) is 64.6 Å². The topological polar surface area (TPSA) is 215 Å². The van der Waals surface area contributed by atoms with Gasteiger partial charge in [0.05, 0.1) is 12.5 Å². The van der Waals surface area contributed by atoms with Crippen LogP contribution in [-0.4, -0.2) is 97.7 Å².